The van der Waals surface area contributed by atoms with E-state index in [2.05, 4.69) is 4.98 Å². The van der Waals surface area contributed by atoms with Gasteiger partial charge in [-0.15, -0.1) is 11.3 Å². The van der Waals surface area contributed by atoms with Crippen LogP contribution in [-0.4, -0.2) is 16.1 Å². The summed E-state index contributed by atoms with van der Waals surface area (Å²) in [5.41, 5.74) is 3.07. The van der Waals surface area contributed by atoms with Crippen molar-refractivity contribution in [3.63, 3.8) is 0 Å². The molecule has 2 heterocycles. The van der Waals surface area contributed by atoms with Crippen LogP contribution in [0.15, 0.2) is 54.6 Å². The first-order valence-electron chi connectivity index (χ1n) is 7.43. The third-order valence-electron chi connectivity index (χ3n) is 3.98. The van der Waals surface area contributed by atoms with Crippen molar-refractivity contribution < 1.29 is 9.90 Å². The topological polar surface area (TPSA) is 53.1 Å². The van der Waals surface area contributed by atoms with E-state index in [9.17, 15) is 4.79 Å². The number of carboxylic acid groups (broad SMARTS) is 1. The first-order valence-corrected chi connectivity index (χ1v) is 9.01. The molecule has 2 aromatic carbocycles. The van der Waals surface area contributed by atoms with E-state index in [0.717, 1.165) is 31.9 Å². The Morgan fingerprint density at radius 3 is 2.28 bits per heavy atom. The quantitative estimate of drug-likeness (QED) is 0.417. The van der Waals surface area contributed by atoms with E-state index in [-0.39, 0.29) is 5.56 Å². The molecular weight excluding hydrogens is 377 g/mol. The summed E-state index contributed by atoms with van der Waals surface area (Å²) >= 11 is 14.1. The number of nitrogens with one attached hydrogen (secondary N) is 1. The van der Waals surface area contributed by atoms with E-state index in [1.54, 1.807) is 47.7 Å². The number of carbonyl (C=O) groups is 1. The number of aromatic amines is 1. The van der Waals surface area contributed by atoms with Gasteiger partial charge in [-0.2, -0.15) is 0 Å². The highest BCUT2D eigenvalue weighted by Crippen LogP contribution is 2.40. The minimum absolute atomic E-state index is 0.268. The number of carboxylic acids is 1. The molecule has 3 nitrogen and oxygen atoms in total. The van der Waals surface area contributed by atoms with E-state index in [1.165, 1.54) is 0 Å². The summed E-state index contributed by atoms with van der Waals surface area (Å²) in [6, 6.07) is 16.4. The Bertz CT molecular complexity index is 1060. The van der Waals surface area contributed by atoms with Crippen molar-refractivity contribution in [2.75, 3.05) is 0 Å². The minimum atomic E-state index is -0.933. The zero-order valence-corrected chi connectivity index (χ0v) is 15.0. The normalized spacial score (nSPS) is 11.1. The van der Waals surface area contributed by atoms with Crippen molar-refractivity contribution in [3.05, 3.63) is 70.2 Å². The number of hydrogen-bond donors (Lipinski definition) is 2. The van der Waals surface area contributed by atoms with Crippen LogP contribution in [0.4, 0.5) is 0 Å². The highest BCUT2D eigenvalue weighted by atomic mass is 35.5. The van der Waals surface area contributed by atoms with E-state index in [4.69, 9.17) is 28.3 Å². The molecule has 124 valence electrons. The second-order valence-electron chi connectivity index (χ2n) is 5.55. The number of thiophene rings is 1. The predicted octanol–water partition coefficient (Wildman–Crippen LogP) is 6.57. The van der Waals surface area contributed by atoms with Gasteiger partial charge in [-0.05, 0) is 48.0 Å². The number of H-pyrrole nitrogens is 1. The van der Waals surface area contributed by atoms with Crippen molar-refractivity contribution in [1.29, 1.82) is 0 Å². The van der Waals surface area contributed by atoms with Gasteiger partial charge >= 0.3 is 5.97 Å². The van der Waals surface area contributed by atoms with E-state index < -0.39 is 5.97 Å². The molecule has 0 aliphatic heterocycles. The fourth-order valence-electron chi connectivity index (χ4n) is 2.69. The maximum Gasteiger partial charge on any atom is 0.335 e. The summed E-state index contributed by atoms with van der Waals surface area (Å²) in [4.78, 5) is 15.4. The van der Waals surface area contributed by atoms with Gasteiger partial charge in [0.1, 0.15) is 0 Å². The molecule has 0 amide bonds. The highest BCUT2D eigenvalue weighted by molar-refractivity contribution is 7.23. The van der Waals surface area contributed by atoms with Crippen LogP contribution in [-0.2, 0) is 0 Å². The molecule has 0 fully saturated rings. The van der Waals surface area contributed by atoms with Gasteiger partial charge in [0.15, 0.2) is 0 Å². The second kappa shape index (κ2) is 6.23. The third kappa shape index (κ3) is 2.93. The second-order valence-corrected chi connectivity index (χ2v) is 7.42. The van der Waals surface area contributed by atoms with Crippen molar-refractivity contribution in [2.45, 2.75) is 0 Å². The lowest BCUT2D eigenvalue weighted by molar-refractivity contribution is 0.0697. The van der Waals surface area contributed by atoms with Gasteiger partial charge in [-0.1, -0.05) is 35.3 Å². The SMILES string of the molecule is O=C(O)c1ccc(-c2ccc(-c3cc4c(Cl)ccc(Cl)c4s3)[nH]2)cc1. The molecule has 2 aromatic heterocycles. The molecule has 2 N–H and O–H groups in total. The smallest absolute Gasteiger partial charge is 0.335 e. The fraction of sp³-hybridized carbons (Fsp3) is 0. The number of rotatable bonds is 3. The number of benzene rings is 2. The Balaban J connectivity index is 1.73. The molecular formula is C19H11Cl2NO2S. The van der Waals surface area contributed by atoms with Gasteiger partial charge in [0.25, 0.3) is 0 Å². The molecule has 0 atom stereocenters. The van der Waals surface area contributed by atoms with Crippen molar-refractivity contribution in [1.82, 2.24) is 4.98 Å². The van der Waals surface area contributed by atoms with Crippen LogP contribution in [0.3, 0.4) is 0 Å². The monoisotopic (exact) mass is 387 g/mol. The lowest BCUT2D eigenvalue weighted by Gasteiger charge is -1.99. The van der Waals surface area contributed by atoms with Crippen molar-refractivity contribution in [3.8, 4) is 21.8 Å². The molecule has 0 aliphatic rings. The molecule has 0 unspecified atom stereocenters. The lowest BCUT2D eigenvalue weighted by Crippen LogP contribution is -1.94. The Hall–Kier alpha value is -2.27. The molecule has 25 heavy (non-hydrogen) atoms. The van der Waals surface area contributed by atoms with E-state index in [0.29, 0.717) is 10.0 Å². The largest absolute Gasteiger partial charge is 0.478 e. The van der Waals surface area contributed by atoms with Crippen LogP contribution in [0.25, 0.3) is 31.9 Å². The Labute approximate surface area is 157 Å². The molecule has 0 radical (unpaired) electrons. The van der Waals surface area contributed by atoms with Gasteiger partial charge in [0.2, 0.25) is 0 Å². The Kier molecular flexibility index (Phi) is 4.04. The number of hydrogen-bond acceptors (Lipinski definition) is 2. The van der Waals surface area contributed by atoms with Crippen molar-refractivity contribution >= 4 is 50.6 Å². The first-order chi connectivity index (χ1) is 12.0. The first kappa shape index (κ1) is 16.2. The van der Waals surface area contributed by atoms with Crippen LogP contribution in [0.2, 0.25) is 10.0 Å². The standard InChI is InChI=1S/C19H11Cl2NO2S/c20-13-5-6-14(21)18-12(13)9-17(25-18)16-8-7-15(22-16)10-1-3-11(4-2-10)19(23)24/h1-9,22H,(H,23,24). The number of aromatic carboxylic acids is 1. The van der Waals surface area contributed by atoms with Crippen LogP contribution >= 0.6 is 34.5 Å². The van der Waals surface area contributed by atoms with Gasteiger partial charge < -0.3 is 10.1 Å². The van der Waals surface area contributed by atoms with Gasteiger partial charge in [0.05, 0.1) is 25.9 Å². The summed E-state index contributed by atoms with van der Waals surface area (Å²) in [5, 5.41) is 11.3. The van der Waals surface area contributed by atoms with Gasteiger partial charge in [-0.25, -0.2) is 4.79 Å². The summed E-state index contributed by atoms with van der Waals surface area (Å²) in [7, 11) is 0. The highest BCUT2D eigenvalue weighted by Gasteiger charge is 2.12. The minimum Gasteiger partial charge on any atom is -0.478 e. The molecule has 0 saturated carbocycles. The predicted molar refractivity (Wildman–Crippen MR) is 104 cm³/mol. The summed E-state index contributed by atoms with van der Waals surface area (Å²) in [6.45, 7) is 0. The zero-order chi connectivity index (χ0) is 17.6. The molecule has 0 spiro atoms. The van der Waals surface area contributed by atoms with Crippen molar-refractivity contribution in [2.24, 2.45) is 0 Å². The number of fused-ring (bicyclic) bond motifs is 1. The van der Waals surface area contributed by atoms with Gasteiger partial charge in [0, 0.05) is 16.1 Å². The van der Waals surface area contributed by atoms with E-state index >= 15 is 0 Å². The number of aromatic nitrogens is 1. The van der Waals surface area contributed by atoms with Gasteiger partial charge in [-0.3, -0.25) is 0 Å². The molecule has 0 bridgehead atoms. The van der Waals surface area contributed by atoms with Crippen LogP contribution in [0.1, 0.15) is 10.4 Å². The fourth-order valence-corrected chi connectivity index (χ4v) is 4.31. The maximum absolute atomic E-state index is 11.0. The van der Waals surface area contributed by atoms with E-state index in [1.807, 2.05) is 18.2 Å². The lowest BCUT2D eigenvalue weighted by atomic mass is 10.1. The number of halogens is 2. The molecule has 4 rings (SSSR count). The molecule has 4 aromatic rings. The summed E-state index contributed by atoms with van der Waals surface area (Å²) in [6.07, 6.45) is 0. The maximum atomic E-state index is 11.0. The summed E-state index contributed by atoms with van der Waals surface area (Å²) < 4.78 is 0.964. The Morgan fingerprint density at radius 2 is 1.60 bits per heavy atom. The average Bonchev–Trinajstić information content (AvgIpc) is 3.26. The van der Waals surface area contributed by atoms with Crippen LogP contribution < -0.4 is 0 Å². The molecule has 0 saturated heterocycles. The molecule has 6 heteroatoms. The van der Waals surface area contributed by atoms with Crippen LogP contribution in [0.5, 0.6) is 0 Å². The average molecular weight is 388 g/mol. The third-order valence-corrected chi connectivity index (χ3v) is 5.93. The Morgan fingerprint density at radius 1 is 0.920 bits per heavy atom. The zero-order valence-electron chi connectivity index (χ0n) is 12.7. The molecule has 0 aliphatic carbocycles. The van der Waals surface area contributed by atoms with Crippen LogP contribution in [0, 0.1) is 0 Å². The summed E-state index contributed by atoms with van der Waals surface area (Å²) in [5.74, 6) is -0.933.